The van der Waals surface area contributed by atoms with Gasteiger partial charge in [0, 0.05) is 5.56 Å². The van der Waals surface area contributed by atoms with E-state index in [2.05, 4.69) is 10.3 Å². The minimum Gasteiger partial charge on any atom is -0.493 e. The Hall–Kier alpha value is -3.10. The number of oxazole rings is 1. The van der Waals surface area contributed by atoms with Crippen LogP contribution < -0.4 is 14.8 Å². The Morgan fingerprint density at radius 1 is 1.28 bits per heavy atom. The average molecular weight is 408 g/mol. The average Bonchev–Trinajstić information content (AvgIpc) is 3.06. The smallest absolute Gasteiger partial charge is 0.408 e. The molecule has 1 unspecified atom stereocenters. The lowest BCUT2D eigenvalue weighted by Crippen LogP contribution is -2.34. The van der Waals surface area contributed by atoms with Crippen LogP contribution in [0.4, 0.5) is 9.18 Å². The highest BCUT2D eigenvalue weighted by Crippen LogP contribution is 2.34. The van der Waals surface area contributed by atoms with E-state index >= 15 is 0 Å². The van der Waals surface area contributed by atoms with Gasteiger partial charge in [0.25, 0.3) is 0 Å². The van der Waals surface area contributed by atoms with Crippen molar-refractivity contribution in [2.75, 3.05) is 13.7 Å². The fourth-order valence-corrected chi connectivity index (χ4v) is 2.52. The Labute approximate surface area is 168 Å². The molecule has 0 fully saturated rings. The third kappa shape index (κ3) is 5.69. The van der Waals surface area contributed by atoms with Crippen LogP contribution in [0.5, 0.6) is 11.5 Å². The van der Waals surface area contributed by atoms with Gasteiger partial charge in [-0.1, -0.05) is 0 Å². The van der Waals surface area contributed by atoms with Crippen LogP contribution in [-0.4, -0.2) is 36.4 Å². The lowest BCUT2D eigenvalue weighted by Gasteiger charge is -2.21. The molecule has 0 aliphatic rings. The Kier molecular flexibility index (Phi) is 6.84. The summed E-state index contributed by atoms with van der Waals surface area (Å²) < 4.78 is 35.1. The zero-order chi connectivity index (χ0) is 21.8. The molecule has 8 nitrogen and oxygen atoms in total. The normalized spacial score (nSPS) is 12.2. The monoisotopic (exact) mass is 408 g/mol. The molecule has 0 radical (unpaired) electrons. The molecule has 2 aromatic rings. The first-order valence-electron chi connectivity index (χ1n) is 9.07. The molecule has 0 saturated heterocycles. The van der Waals surface area contributed by atoms with E-state index in [0.29, 0.717) is 23.7 Å². The van der Waals surface area contributed by atoms with Gasteiger partial charge in [0.2, 0.25) is 5.89 Å². The molecule has 9 heteroatoms. The van der Waals surface area contributed by atoms with Crippen molar-refractivity contribution < 1.29 is 32.6 Å². The second-order valence-electron chi connectivity index (χ2n) is 7.17. The van der Waals surface area contributed by atoms with Crippen LogP contribution in [0.2, 0.25) is 0 Å². The topological polar surface area (TPSA) is 99.9 Å². The van der Waals surface area contributed by atoms with Gasteiger partial charge in [-0.05, 0) is 52.8 Å². The quantitative estimate of drug-likeness (QED) is 0.676. The van der Waals surface area contributed by atoms with Crippen molar-refractivity contribution in [1.82, 2.24) is 10.3 Å². The van der Waals surface area contributed by atoms with Gasteiger partial charge >= 0.3 is 12.1 Å². The Morgan fingerprint density at radius 3 is 2.52 bits per heavy atom. The molecule has 0 aliphatic carbocycles. The lowest BCUT2D eigenvalue weighted by molar-refractivity contribution is 0.0500. The molecule has 1 aromatic heterocycles. The maximum absolute atomic E-state index is 13.6. The summed E-state index contributed by atoms with van der Waals surface area (Å²) in [5.74, 6) is 0.832. The molecule has 2 rings (SSSR count). The first-order valence-corrected chi connectivity index (χ1v) is 9.07. The number of alkyl carbamates (subject to hydrolysis) is 1. The zero-order valence-electron chi connectivity index (χ0n) is 17.3. The number of amides is 1. The van der Waals surface area contributed by atoms with Crippen molar-refractivity contribution in [2.24, 2.45) is 0 Å². The highest BCUT2D eigenvalue weighted by Gasteiger charge is 2.27. The van der Waals surface area contributed by atoms with Crippen molar-refractivity contribution in [1.29, 1.82) is 0 Å². The summed E-state index contributed by atoms with van der Waals surface area (Å²) in [5.41, 5.74) is -0.779. The van der Waals surface area contributed by atoms with Crippen molar-refractivity contribution >= 4 is 12.1 Å². The molecular weight excluding hydrogens is 383 g/mol. The van der Waals surface area contributed by atoms with Crippen LogP contribution in [0, 0.1) is 0 Å². The number of halogens is 1. The third-order valence-electron chi connectivity index (χ3n) is 3.68. The van der Waals surface area contributed by atoms with E-state index in [1.165, 1.54) is 14.0 Å². The number of aromatic nitrogens is 1. The maximum atomic E-state index is 13.6. The second kappa shape index (κ2) is 8.93. The van der Waals surface area contributed by atoms with E-state index in [4.69, 9.17) is 18.6 Å². The predicted molar refractivity (Wildman–Crippen MR) is 103 cm³/mol. The Balaban J connectivity index is 2.36. The number of rotatable bonds is 7. The summed E-state index contributed by atoms with van der Waals surface area (Å²) in [5, 5.41) is 2.50. The van der Waals surface area contributed by atoms with E-state index in [0.717, 1.165) is 0 Å². The second-order valence-corrected chi connectivity index (χ2v) is 7.17. The van der Waals surface area contributed by atoms with Gasteiger partial charge < -0.3 is 23.9 Å². The zero-order valence-corrected chi connectivity index (χ0v) is 17.3. The number of carbonyl (C=O) groups excluding carboxylic acids is 2. The molecule has 0 aliphatic heterocycles. The van der Waals surface area contributed by atoms with E-state index in [1.807, 2.05) is 6.92 Å². The molecule has 29 heavy (non-hydrogen) atoms. The van der Waals surface area contributed by atoms with Gasteiger partial charge in [-0.25, -0.2) is 9.78 Å². The van der Waals surface area contributed by atoms with E-state index < -0.39 is 29.5 Å². The number of hydrogen-bond acceptors (Lipinski definition) is 7. The number of nitrogens with one attached hydrogen (secondary N) is 1. The summed E-state index contributed by atoms with van der Waals surface area (Å²) >= 11 is 0. The summed E-state index contributed by atoms with van der Waals surface area (Å²) in [6.45, 7) is 8.88. The van der Waals surface area contributed by atoms with Crippen LogP contribution in [0.15, 0.2) is 22.6 Å². The largest absolute Gasteiger partial charge is 0.493 e. The molecule has 0 bridgehead atoms. The van der Waals surface area contributed by atoms with Crippen LogP contribution in [0.25, 0.3) is 11.5 Å². The minimum absolute atomic E-state index is 0.00226. The Morgan fingerprint density at radius 2 is 1.97 bits per heavy atom. The van der Waals surface area contributed by atoms with E-state index in [-0.39, 0.29) is 11.7 Å². The maximum Gasteiger partial charge on any atom is 0.408 e. The molecular formula is C20H25FN2O6. The molecule has 1 amide bonds. The highest BCUT2D eigenvalue weighted by molar-refractivity contribution is 5.88. The number of hydrogen-bond donors (Lipinski definition) is 1. The summed E-state index contributed by atoms with van der Waals surface area (Å²) in [4.78, 5) is 27.4. The standard InChI is InChI=1S/C20H25FN2O6/c1-7-27-14-10-12(8-9-13(14)26-6)18-23-15(17(21)24)16(28-18)11(2)22-19(25)29-20(3,4)5/h8-11H,7H2,1-6H3,(H,22,25). The molecule has 1 aromatic carbocycles. The van der Waals surface area contributed by atoms with E-state index in [9.17, 15) is 14.0 Å². The predicted octanol–water partition coefficient (Wildman–Crippen LogP) is 4.44. The summed E-state index contributed by atoms with van der Waals surface area (Å²) in [7, 11) is 1.50. The molecule has 158 valence electrons. The molecule has 0 saturated carbocycles. The minimum atomic E-state index is -1.77. The van der Waals surface area contributed by atoms with Gasteiger partial charge in [0.15, 0.2) is 23.0 Å². The fourth-order valence-electron chi connectivity index (χ4n) is 2.52. The van der Waals surface area contributed by atoms with Crippen molar-refractivity contribution in [2.45, 2.75) is 46.3 Å². The number of ether oxygens (including phenoxy) is 3. The van der Waals surface area contributed by atoms with Gasteiger partial charge in [0.1, 0.15) is 5.60 Å². The van der Waals surface area contributed by atoms with Gasteiger partial charge in [0.05, 0.1) is 19.8 Å². The van der Waals surface area contributed by atoms with Gasteiger partial charge in [-0.3, -0.25) is 4.79 Å². The molecule has 1 N–H and O–H groups in total. The third-order valence-corrected chi connectivity index (χ3v) is 3.68. The Bertz CT molecular complexity index is 888. The number of nitrogens with zero attached hydrogens (tertiary/aromatic N) is 1. The molecule has 1 heterocycles. The summed E-state index contributed by atoms with van der Waals surface area (Å²) in [6, 6.07) is 2.26. The first-order chi connectivity index (χ1) is 13.6. The first kappa shape index (κ1) is 22.2. The van der Waals surface area contributed by atoms with Crippen molar-refractivity contribution in [3.63, 3.8) is 0 Å². The van der Waals surface area contributed by atoms with Gasteiger partial charge in [-0.15, -0.1) is 0 Å². The number of methoxy groups -OCH3 is 1. The van der Waals surface area contributed by atoms with Crippen LogP contribution in [-0.2, 0) is 4.74 Å². The summed E-state index contributed by atoms with van der Waals surface area (Å²) in [6.07, 6.45) is -0.733. The lowest BCUT2D eigenvalue weighted by atomic mass is 10.2. The van der Waals surface area contributed by atoms with Gasteiger partial charge in [-0.2, -0.15) is 4.39 Å². The highest BCUT2D eigenvalue weighted by atomic mass is 19.1. The van der Waals surface area contributed by atoms with E-state index in [1.54, 1.807) is 39.0 Å². The number of carbonyl (C=O) groups is 2. The SMILES string of the molecule is CCOc1cc(-c2nc(C(=O)F)c(C(C)NC(=O)OC(C)(C)C)o2)ccc1OC. The van der Waals surface area contributed by atoms with Crippen LogP contribution >= 0.6 is 0 Å². The van der Waals surface area contributed by atoms with Crippen molar-refractivity contribution in [3.05, 3.63) is 29.7 Å². The van der Waals surface area contributed by atoms with Crippen LogP contribution in [0.1, 0.15) is 56.9 Å². The number of benzene rings is 1. The fraction of sp³-hybridized carbons (Fsp3) is 0.450. The molecule has 1 atom stereocenters. The van der Waals surface area contributed by atoms with Crippen molar-refractivity contribution in [3.8, 4) is 23.0 Å². The van der Waals surface area contributed by atoms with Crippen LogP contribution in [0.3, 0.4) is 0 Å². The molecule has 0 spiro atoms.